The summed E-state index contributed by atoms with van der Waals surface area (Å²) in [5, 5.41) is 2.64. The molecule has 1 N–H and O–H groups in total. The summed E-state index contributed by atoms with van der Waals surface area (Å²) in [6.07, 6.45) is -0.278. The molecule has 0 atom stereocenters. The van der Waals surface area contributed by atoms with E-state index in [-0.39, 0.29) is 17.5 Å². The van der Waals surface area contributed by atoms with Gasteiger partial charge < -0.3 is 14.8 Å². The first-order chi connectivity index (χ1) is 11.9. The molecule has 130 valence electrons. The average Bonchev–Trinajstić information content (AvgIpc) is 2.61. The number of aromatic nitrogens is 1. The second-order valence-corrected chi connectivity index (χ2v) is 5.39. The number of carbonyl (C=O) groups is 3. The molecule has 0 saturated heterocycles. The molecule has 2 aromatic rings. The minimum Gasteiger partial charge on any atom is -0.465 e. The third-order valence-corrected chi connectivity index (χ3v) is 3.10. The SMILES string of the molecule is COC(=O)c1ccc(NC(=O)c2cccc(C(=O)OC(C)C)n2)cc1. The molecule has 1 aromatic carbocycles. The number of rotatable bonds is 5. The van der Waals surface area contributed by atoms with Gasteiger partial charge in [0.2, 0.25) is 0 Å². The van der Waals surface area contributed by atoms with Crippen LogP contribution in [0.25, 0.3) is 0 Å². The first-order valence-corrected chi connectivity index (χ1v) is 7.58. The molecule has 25 heavy (non-hydrogen) atoms. The third-order valence-electron chi connectivity index (χ3n) is 3.10. The molecule has 1 heterocycles. The molecule has 2 rings (SSSR count). The second-order valence-electron chi connectivity index (χ2n) is 5.39. The largest absolute Gasteiger partial charge is 0.465 e. The molecular formula is C18H18N2O5. The highest BCUT2D eigenvalue weighted by Gasteiger charge is 2.15. The van der Waals surface area contributed by atoms with Crippen LogP contribution in [0.4, 0.5) is 5.69 Å². The van der Waals surface area contributed by atoms with Crippen LogP contribution in [0.1, 0.15) is 45.2 Å². The van der Waals surface area contributed by atoms with Crippen LogP contribution in [0.3, 0.4) is 0 Å². The van der Waals surface area contributed by atoms with Crippen molar-refractivity contribution in [3.05, 3.63) is 59.4 Å². The predicted molar refractivity (Wildman–Crippen MR) is 90.5 cm³/mol. The fourth-order valence-electron chi connectivity index (χ4n) is 1.95. The molecule has 0 aliphatic carbocycles. The molecule has 0 saturated carbocycles. The number of esters is 2. The molecule has 1 aromatic heterocycles. The van der Waals surface area contributed by atoms with Gasteiger partial charge in [0.1, 0.15) is 11.4 Å². The number of carbonyl (C=O) groups excluding carboxylic acids is 3. The van der Waals surface area contributed by atoms with E-state index in [1.807, 2.05) is 0 Å². The first kappa shape index (κ1) is 18.1. The lowest BCUT2D eigenvalue weighted by molar-refractivity contribution is 0.0370. The van der Waals surface area contributed by atoms with Gasteiger partial charge in [0.25, 0.3) is 5.91 Å². The van der Waals surface area contributed by atoms with Crippen molar-refractivity contribution in [3.8, 4) is 0 Å². The van der Waals surface area contributed by atoms with Crippen molar-refractivity contribution in [2.45, 2.75) is 20.0 Å². The number of pyridine rings is 1. The Bertz CT molecular complexity index is 784. The molecule has 7 nitrogen and oxygen atoms in total. The lowest BCUT2D eigenvalue weighted by Crippen LogP contribution is -2.18. The maximum absolute atomic E-state index is 12.3. The van der Waals surface area contributed by atoms with E-state index in [1.165, 1.54) is 31.4 Å². The molecule has 1 amide bonds. The fourth-order valence-corrected chi connectivity index (χ4v) is 1.95. The summed E-state index contributed by atoms with van der Waals surface area (Å²) in [5.74, 6) is -1.53. The average molecular weight is 342 g/mol. The zero-order chi connectivity index (χ0) is 18.4. The van der Waals surface area contributed by atoms with E-state index >= 15 is 0 Å². The maximum atomic E-state index is 12.3. The van der Waals surface area contributed by atoms with E-state index in [9.17, 15) is 14.4 Å². The van der Waals surface area contributed by atoms with E-state index in [0.717, 1.165) is 0 Å². The van der Waals surface area contributed by atoms with Crippen LogP contribution >= 0.6 is 0 Å². The smallest absolute Gasteiger partial charge is 0.357 e. The Morgan fingerprint density at radius 1 is 0.960 bits per heavy atom. The number of benzene rings is 1. The minimum absolute atomic E-state index is 0.0578. The molecule has 0 fully saturated rings. The van der Waals surface area contributed by atoms with Gasteiger partial charge in [-0.2, -0.15) is 0 Å². The van der Waals surface area contributed by atoms with Gasteiger partial charge in [0, 0.05) is 5.69 Å². The Kier molecular flexibility index (Phi) is 5.84. The second kappa shape index (κ2) is 8.05. The van der Waals surface area contributed by atoms with Crippen LogP contribution in [-0.2, 0) is 9.47 Å². The van der Waals surface area contributed by atoms with E-state index in [2.05, 4.69) is 15.0 Å². The molecule has 0 aliphatic rings. The van der Waals surface area contributed by atoms with Crippen LogP contribution < -0.4 is 5.32 Å². The quantitative estimate of drug-likeness (QED) is 0.840. The van der Waals surface area contributed by atoms with Gasteiger partial charge in [-0.1, -0.05) is 6.07 Å². The summed E-state index contributed by atoms with van der Waals surface area (Å²) in [4.78, 5) is 39.5. The van der Waals surface area contributed by atoms with Gasteiger partial charge >= 0.3 is 11.9 Å². The normalized spacial score (nSPS) is 10.2. The lowest BCUT2D eigenvalue weighted by Gasteiger charge is -2.09. The van der Waals surface area contributed by atoms with Crippen molar-refractivity contribution in [2.24, 2.45) is 0 Å². The summed E-state index contributed by atoms with van der Waals surface area (Å²) in [6, 6.07) is 10.7. The Balaban J connectivity index is 2.10. The summed E-state index contributed by atoms with van der Waals surface area (Å²) >= 11 is 0. The number of methoxy groups -OCH3 is 1. The molecule has 0 aliphatic heterocycles. The van der Waals surface area contributed by atoms with Crippen LogP contribution in [-0.4, -0.2) is 36.0 Å². The monoisotopic (exact) mass is 342 g/mol. The van der Waals surface area contributed by atoms with Gasteiger partial charge in [-0.25, -0.2) is 14.6 Å². The zero-order valence-corrected chi connectivity index (χ0v) is 14.1. The molecule has 0 unspecified atom stereocenters. The summed E-state index contributed by atoms with van der Waals surface area (Å²) < 4.78 is 9.67. The number of hydrogen-bond donors (Lipinski definition) is 1. The van der Waals surface area contributed by atoms with E-state index in [1.54, 1.807) is 32.0 Å². The highest BCUT2D eigenvalue weighted by molar-refractivity contribution is 6.03. The van der Waals surface area contributed by atoms with E-state index < -0.39 is 17.8 Å². The number of hydrogen-bond acceptors (Lipinski definition) is 6. The fraction of sp³-hybridized carbons (Fsp3) is 0.222. The molecule has 7 heteroatoms. The lowest BCUT2D eigenvalue weighted by atomic mass is 10.2. The maximum Gasteiger partial charge on any atom is 0.357 e. The Labute approximate surface area is 145 Å². The van der Waals surface area contributed by atoms with Crippen molar-refractivity contribution in [1.29, 1.82) is 0 Å². The van der Waals surface area contributed by atoms with Gasteiger partial charge in [0.15, 0.2) is 0 Å². The van der Waals surface area contributed by atoms with E-state index in [0.29, 0.717) is 11.3 Å². The first-order valence-electron chi connectivity index (χ1n) is 7.58. The van der Waals surface area contributed by atoms with Crippen LogP contribution in [0, 0.1) is 0 Å². The number of amides is 1. The van der Waals surface area contributed by atoms with Gasteiger partial charge in [0.05, 0.1) is 18.8 Å². The van der Waals surface area contributed by atoms with Crippen LogP contribution in [0.5, 0.6) is 0 Å². The van der Waals surface area contributed by atoms with Gasteiger partial charge in [-0.3, -0.25) is 4.79 Å². The highest BCUT2D eigenvalue weighted by Crippen LogP contribution is 2.12. The van der Waals surface area contributed by atoms with Crippen molar-refractivity contribution in [3.63, 3.8) is 0 Å². The molecule has 0 bridgehead atoms. The van der Waals surface area contributed by atoms with Crippen molar-refractivity contribution < 1.29 is 23.9 Å². The molecule has 0 radical (unpaired) electrons. The topological polar surface area (TPSA) is 94.6 Å². The van der Waals surface area contributed by atoms with Gasteiger partial charge in [-0.05, 0) is 50.2 Å². The van der Waals surface area contributed by atoms with Crippen LogP contribution in [0.15, 0.2) is 42.5 Å². The van der Waals surface area contributed by atoms with E-state index in [4.69, 9.17) is 4.74 Å². The number of nitrogens with zero attached hydrogens (tertiary/aromatic N) is 1. The van der Waals surface area contributed by atoms with Crippen molar-refractivity contribution in [1.82, 2.24) is 4.98 Å². The summed E-state index contributed by atoms with van der Waals surface area (Å²) in [6.45, 7) is 3.46. The number of anilines is 1. The summed E-state index contributed by atoms with van der Waals surface area (Å²) in [5.41, 5.74) is 0.990. The molecular weight excluding hydrogens is 324 g/mol. The van der Waals surface area contributed by atoms with Crippen molar-refractivity contribution >= 4 is 23.5 Å². The standard InChI is InChI=1S/C18H18N2O5/c1-11(2)25-18(23)15-6-4-5-14(20-15)16(21)19-13-9-7-12(8-10-13)17(22)24-3/h4-11H,1-3H3,(H,19,21). The Morgan fingerprint density at radius 2 is 1.60 bits per heavy atom. The predicted octanol–water partition coefficient (Wildman–Crippen LogP) is 2.69. The highest BCUT2D eigenvalue weighted by atomic mass is 16.5. The Morgan fingerprint density at radius 3 is 2.20 bits per heavy atom. The summed E-state index contributed by atoms with van der Waals surface area (Å²) in [7, 11) is 1.29. The number of ether oxygens (including phenoxy) is 2. The number of nitrogens with one attached hydrogen (secondary N) is 1. The minimum atomic E-state index is -0.591. The van der Waals surface area contributed by atoms with Gasteiger partial charge in [-0.15, -0.1) is 0 Å². The Hall–Kier alpha value is -3.22. The zero-order valence-electron chi connectivity index (χ0n) is 14.1. The van der Waals surface area contributed by atoms with Crippen molar-refractivity contribution in [2.75, 3.05) is 12.4 Å². The van der Waals surface area contributed by atoms with Crippen LogP contribution in [0.2, 0.25) is 0 Å². The molecule has 0 spiro atoms. The third kappa shape index (κ3) is 4.87.